The second-order valence-electron chi connectivity index (χ2n) is 4.97. The van der Waals surface area contributed by atoms with Gasteiger partial charge >= 0.3 is 6.09 Å². The second kappa shape index (κ2) is 6.38. The van der Waals surface area contributed by atoms with Crippen molar-refractivity contribution in [3.63, 3.8) is 0 Å². The average Bonchev–Trinajstić information content (AvgIpc) is 2.82. The van der Waals surface area contributed by atoms with Crippen LogP contribution in [0.25, 0.3) is 11.6 Å². The summed E-state index contributed by atoms with van der Waals surface area (Å²) in [5, 5.41) is 0. The molecular formula is C18H14BrNO3. The van der Waals surface area contributed by atoms with Crippen molar-refractivity contribution in [2.24, 2.45) is 0 Å². The minimum absolute atomic E-state index is 0.219. The number of carbonyl (C=O) groups is 2. The van der Waals surface area contributed by atoms with Crippen molar-refractivity contribution in [1.82, 2.24) is 0 Å². The first-order valence-corrected chi connectivity index (χ1v) is 7.99. The molecule has 0 N–H and O–H groups in total. The number of halogens is 1. The summed E-state index contributed by atoms with van der Waals surface area (Å²) in [5.41, 5.74) is 2.65. The maximum Gasteiger partial charge on any atom is 0.421 e. The molecule has 1 aliphatic rings. The number of hydrogen-bond donors (Lipinski definition) is 0. The summed E-state index contributed by atoms with van der Waals surface area (Å²) in [6, 6.07) is 14.8. The van der Waals surface area contributed by atoms with Crippen LogP contribution in [0.2, 0.25) is 0 Å². The highest BCUT2D eigenvalue weighted by atomic mass is 79.9. The van der Waals surface area contributed by atoms with Gasteiger partial charge < -0.3 is 4.74 Å². The zero-order chi connectivity index (χ0) is 16.4. The number of ether oxygens (including phenoxy) is 1. The Kier molecular flexibility index (Phi) is 4.30. The number of fused-ring (bicyclic) bond motifs is 1. The fourth-order valence-electron chi connectivity index (χ4n) is 2.48. The van der Waals surface area contributed by atoms with Crippen LogP contribution in [0.5, 0.6) is 0 Å². The van der Waals surface area contributed by atoms with Gasteiger partial charge in [-0.05, 0) is 36.8 Å². The number of benzene rings is 2. The molecule has 2 aromatic rings. The quantitative estimate of drug-likeness (QED) is 0.730. The normalized spacial score (nSPS) is 15.0. The molecule has 1 heterocycles. The van der Waals surface area contributed by atoms with Crippen molar-refractivity contribution in [1.29, 1.82) is 0 Å². The fraction of sp³-hybridized carbons (Fsp3) is 0.111. The topological polar surface area (TPSA) is 46.6 Å². The van der Waals surface area contributed by atoms with Gasteiger partial charge in [-0.1, -0.05) is 46.3 Å². The van der Waals surface area contributed by atoms with E-state index < -0.39 is 6.09 Å². The van der Waals surface area contributed by atoms with Crippen LogP contribution in [0.1, 0.15) is 18.1 Å². The predicted octanol–water partition coefficient (Wildman–Crippen LogP) is 4.49. The summed E-state index contributed by atoms with van der Waals surface area (Å²) >= 11 is 3.38. The Bertz CT molecular complexity index is 796. The van der Waals surface area contributed by atoms with E-state index in [0.29, 0.717) is 11.3 Å². The van der Waals surface area contributed by atoms with Crippen LogP contribution in [-0.2, 0) is 9.53 Å². The van der Waals surface area contributed by atoms with Gasteiger partial charge in [-0.15, -0.1) is 0 Å². The van der Waals surface area contributed by atoms with E-state index >= 15 is 0 Å². The first-order chi connectivity index (χ1) is 11.1. The highest BCUT2D eigenvalue weighted by Gasteiger charge is 2.37. The van der Waals surface area contributed by atoms with E-state index in [4.69, 9.17) is 4.74 Å². The highest BCUT2D eigenvalue weighted by molar-refractivity contribution is 9.10. The van der Waals surface area contributed by atoms with Crippen LogP contribution in [0.4, 0.5) is 10.5 Å². The molecule has 0 fully saturated rings. The summed E-state index contributed by atoms with van der Waals surface area (Å²) in [6.45, 7) is 1.93. The maximum atomic E-state index is 12.7. The molecular weight excluding hydrogens is 358 g/mol. The number of amides is 2. The fourth-order valence-corrected chi connectivity index (χ4v) is 2.74. The van der Waals surface area contributed by atoms with E-state index in [1.807, 2.05) is 36.4 Å². The van der Waals surface area contributed by atoms with E-state index in [9.17, 15) is 9.59 Å². The highest BCUT2D eigenvalue weighted by Crippen LogP contribution is 2.38. The Morgan fingerprint density at radius 1 is 1.17 bits per heavy atom. The standard InChI is InChI=1S/C18H14BrNO3/c1-2-23-18(22)20-16-6-4-3-5-14(16)15(17(20)21)11-12-7-9-13(19)10-8-12/h3-11H,2H2,1H3/b15-11+. The van der Waals surface area contributed by atoms with E-state index in [1.54, 1.807) is 25.1 Å². The molecule has 0 aromatic heterocycles. The van der Waals surface area contributed by atoms with Crippen molar-refractivity contribution < 1.29 is 14.3 Å². The summed E-state index contributed by atoms with van der Waals surface area (Å²) in [6.07, 6.45) is 1.14. The number of nitrogens with zero attached hydrogens (tertiary/aromatic N) is 1. The van der Waals surface area contributed by atoms with Gasteiger partial charge in [0.2, 0.25) is 0 Å². The molecule has 116 valence electrons. The number of imide groups is 1. The maximum absolute atomic E-state index is 12.7. The van der Waals surface area contributed by atoms with Gasteiger partial charge in [-0.25, -0.2) is 9.69 Å². The number of carbonyl (C=O) groups excluding carboxylic acids is 2. The largest absolute Gasteiger partial charge is 0.449 e. The smallest absolute Gasteiger partial charge is 0.421 e. The molecule has 0 atom stereocenters. The molecule has 5 heteroatoms. The minimum atomic E-state index is -0.649. The number of anilines is 1. The summed E-state index contributed by atoms with van der Waals surface area (Å²) < 4.78 is 5.96. The summed E-state index contributed by atoms with van der Waals surface area (Å²) in [5.74, 6) is -0.368. The van der Waals surface area contributed by atoms with Crippen LogP contribution in [-0.4, -0.2) is 18.6 Å². The third kappa shape index (κ3) is 2.92. The third-order valence-corrected chi connectivity index (χ3v) is 4.03. The van der Waals surface area contributed by atoms with Crippen molar-refractivity contribution in [2.75, 3.05) is 11.5 Å². The first-order valence-electron chi connectivity index (χ1n) is 7.19. The zero-order valence-corrected chi connectivity index (χ0v) is 14.0. The van der Waals surface area contributed by atoms with E-state index in [2.05, 4.69) is 15.9 Å². The molecule has 0 spiro atoms. The predicted molar refractivity (Wildman–Crippen MR) is 93.0 cm³/mol. The Morgan fingerprint density at radius 3 is 2.57 bits per heavy atom. The molecule has 2 aromatic carbocycles. The lowest BCUT2D eigenvalue weighted by molar-refractivity contribution is -0.112. The molecule has 1 aliphatic heterocycles. The molecule has 0 unspecified atom stereocenters. The Morgan fingerprint density at radius 2 is 1.87 bits per heavy atom. The third-order valence-electron chi connectivity index (χ3n) is 3.50. The van der Waals surface area contributed by atoms with Crippen LogP contribution in [0.3, 0.4) is 0 Å². The second-order valence-corrected chi connectivity index (χ2v) is 5.88. The Labute approximate surface area is 142 Å². The SMILES string of the molecule is CCOC(=O)N1C(=O)/C(=C/c2ccc(Br)cc2)c2ccccc21. The molecule has 0 bridgehead atoms. The summed E-state index contributed by atoms with van der Waals surface area (Å²) in [4.78, 5) is 25.9. The Hall–Kier alpha value is -2.40. The summed E-state index contributed by atoms with van der Waals surface area (Å²) in [7, 11) is 0. The van der Waals surface area contributed by atoms with Gasteiger partial charge in [-0.2, -0.15) is 0 Å². The molecule has 0 saturated heterocycles. The number of rotatable bonds is 2. The van der Waals surface area contributed by atoms with Gasteiger partial charge in [0.1, 0.15) is 0 Å². The lowest BCUT2D eigenvalue weighted by Gasteiger charge is -2.13. The van der Waals surface area contributed by atoms with Gasteiger partial charge in [0, 0.05) is 10.0 Å². The van der Waals surface area contributed by atoms with Crippen molar-refractivity contribution in [2.45, 2.75) is 6.92 Å². The molecule has 0 radical (unpaired) electrons. The molecule has 3 rings (SSSR count). The molecule has 4 nitrogen and oxygen atoms in total. The van der Waals surface area contributed by atoms with Crippen LogP contribution in [0.15, 0.2) is 53.0 Å². The zero-order valence-electron chi connectivity index (χ0n) is 12.5. The molecule has 0 saturated carbocycles. The minimum Gasteiger partial charge on any atom is -0.449 e. The molecule has 2 amide bonds. The Balaban J connectivity index is 2.07. The van der Waals surface area contributed by atoms with Gasteiger partial charge in [0.05, 0.1) is 17.9 Å². The van der Waals surface area contributed by atoms with Crippen molar-refractivity contribution in [3.8, 4) is 0 Å². The average molecular weight is 372 g/mol. The van der Waals surface area contributed by atoms with E-state index in [0.717, 1.165) is 20.5 Å². The van der Waals surface area contributed by atoms with Crippen LogP contribution < -0.4 is 4.90 Å². The monoisotopic (exact) mass is 371 g/mol. The van der Waals surface area contributed by atoms with E-state index in [1.165, 1.54) is 0 Å². The first kappa shape index (κ1) is 15.5. The van der Waals surface area contributed by atoms with Gasteiger partial charge in [-0.3, -0.25) is 4.79 Å². The number of para-hydroxylation sites is 1. The van der Waals surface area contributed by atoms with Gasteiger partial charge in [0.25, 0.3) is 5.91 Å². The van der Waals surface area contributed by atoms with Gasteiger partial charge in [0.15, 0.2) is 0 Å². The van der Waals surface area contributed by atoms with Crippen molar-refractivity contribution >= 4 is 45.3 Å². The van der Waals surface area contributed by atoms with E-state index in [-0.39, 0.29) is 12.5 Å². The molecule has 23 heavy (non-hydrogen) atoms. The number of hydrogen-bond acceptors (Lipinski definition) is 3. The van der Waals surface area contributed by atoms with Crippen molar-refractivity contribution in [3.05, 3.63) is 64.1 Å². The lowest BCUT2D eigenvalue weighted by atomic mass is 10.0. The lowest BCUT2D eigenvalue weighted by Crippen LogP contribution is -2.33. The van der Waals surface area contributed by atoms with Crippen LogP contribution >= 0.6 is 15.9 Å². The molecule has 0 aliphatic carbocycles. The van der Waals surface area contributed by atoms with Crippen LogP contribution in [0, 0.1) is 0 Å².